The van der Waals surface area contributed by atoms with Crippen LogP contribution in [0.5, 0.6) is 0 Å². The van der Waals surface area contributed by atoms with Crippen LogP contribution in [-0.2, 0) is 20.0 Å². The maximum absolute atomic E-state index is 13.5. The van der Waals surface area contributed by atoms with Gasteiger partial charge in [-0.25, -0.2) is 9.18 Å². The van der Waals surface area contributed by atoms with Gasteiger partial charge in [-0.15, -0.1) is 0 Å². The molecule has 0 N–H and O–H groups in total. The summed E-state index contributed by atoms with van der Waals surface area (Å²) in [5.74, 6) is -1.34. The zero-order valence-corrected chi connectivity index (χ0v) is 18.4. The Balaban J connectivity index is 1.43. The molecule has 2 heterocycles. The minimum atomic E-state index is -0.995. The van der Waals surface area contributed by atoms with E-state index in [-0.39, 0.29) is 17.0 Å². The molecule has 0 atom stereocenters. The molecule has 0 bridgehead atoms. The summed E-state index contributed by atoms with van der Waals surface area (Å²) >= 11 is 0. The van der Waals surface area contributed by atoms with Crippen LogP contribution in [0.25, 0.3) is 0 Å². The van der Waals surface area contributed by atoms with Gasteiger partial charge in [0, 0.05) is 35.1 Å². The fraction of sp³-hybridized carbons (Fsp3) is 0.440. The summed E-state index contributed by atoms with van der Waals surface area (Å²) in [6, 6.07) is 13.2. The highest BCUT2D eigenvalue weighted by Crippen LogP contribution is 2.40. The number of anilines is 1. The predicted molar refractivity (Wildman–Crippen MR) is 117 cm³/mol. The number of hydrogen-bond donors (Lipinski definition) is 0. The average molecular weight is 441 g/mol. The van der Waals surface area contributed by atoms with E-state index < -0.39 is 11.9 Å². The molecule has 7 heteroatoms. The first-order valence-corrected chi connectivity index (χ1v) is 10.9. The van der Waals surface area contributed by atoms with Crippen molar-refractivity contribution in [1.82, 2.24) is 0 Å². The van der Waals surface area contributed by atoms with E-state index in [0.717, 1.165) is 5.56 Å². The second-order valence-electron chi connectivity index (χ2n) is 9.09. The molecule has 170 valence electrons. The molecular formula is C25H28FNO5. The third-order valence-corrected chi connectivity index (χ3v) is 5.83. The number of rotatable bonds is 7. The molecular weight excluding hydrogens is 413 g/mol. The van der Waals surface area contributed by atoms with Crippen LogP contribution >= 0.6 is 0 Å². The van der Waals surface area contributed by atoms with E-state index in [1.807, 2.05) is 0 Å². The van der Waals surface area contributed by atoms with E-state index in [4.69, 9.17) is 14.2 Å². The van der Waals surface area contributed by atoms with Crippen molar-refractivity contribution < 1.29 is 28.2 Å². The number of nitrogens with zero attached hydrogens (tertiary/aromatic N) is 1. The number of hydrogen-bond acceptors (Lipinski definition) is 5. The zero-order valence-electron chi connectivity index (χ0n) is 18.4. The molecule has 0 unspecified atom stereocenters. The van der Waals surface area contributed by atoms with Crippen molar-refractivity contribution in [3.8, 4) is 0 Å². The van der Waals surface area contributed by atoms with Crippen LogP contribution in [0.3, 0.4) is 0 Å². The van der Waals surface area contributed by atoms with Crippen molar-refractivity contribution in [3.63, 3.8) is 0 Å². The Morgan fingerprint density at radius 2 is 1.81 bits per heavy atom. The smallest absolute Gasteiger partial charge is 0.414 e. The Kier molecular flexibility index (Phi) is 6.31. The summed E-state index contributed by atoms with van der Waals surface area (Å²) < 4.78 is 30.8. The quantitative estimate of drug-likeness (QED) is 0.562. The van der Waals surface area contributed by atoms with Gasteiger partial charge in [-0.2, -0.15) is 0 Å². The van der Waals surface area contributed by atoms with Crippen molar-refractivity contribution in [2.24, 2.45) is 5.41 Å². The van der Waals surface area contributed by atoms with Gasteiger partial charge in [-0.1, -0.05) is 38.1 Å². The number of ketones is 1. The van der Waals surface area contributed by atoms with Gasteiger partial charge in [0.1, 0.15) is 12.4 Å². The molecule has 2 aromatic rings. The number of Topliss-reactive ketones (excluding diaryl/α,β-unsaturated/α-hetero) is 1. The standard InChI is InChI=1S/C25H28FNO5/c1-24(2)16-31-25(32-17-24,19-8-10-20(26)11-9-19)12-4-7-22(28)18-5-3-6-21(15-18)27-13-14-30-23(27)29/h3,5-6,8-11,15H,4,7,12-14,16-17H2,1-2H3. The predicted octanol–water partition coefficient (Wildman–Crippen LogP) is 5.06. The van der Waals surface area contributed by atoms with Gasteiger partial charge in [-0.05, 0) is 30.7 Å². The van der Waals surface area contributed by atoms with Crippen molar-refractivity contribution in [2.45, 2.75) is 38.9 Å². The molecule has 0 saturated carbocycles. The van der Waals surface area contributed by atoms with Crippen molar-refractivity contribution >= 4 is 17.6 Å². The first-order chi connectivity index (χ1) is 15.3. The van der Waals surface area contributed by atoms with Gasteiger partial charge in [0.2, 0.25) is 0 Å². The number of amides is 1. The Bertz CT molecular complexity index is 978. The summed E-state index contributed by atoms with van der Waals surface area (Å²) in [5.41, 5.74) is 1.83. The second kappa shape index (κ2) is 9.00. The number of halogens is 1. The lowest BCUT2D eigenvalue weighted by atomic mass is 9.91. The molecule has 1 amide bonds. The summed E-state index contributed by atoms with van der Waals surface area (Å²) in [4.78, 5) is 26.2. The highest BCUT2D eigenvalue weighted by molar-refractivity contribution is 5.98. The van der Waals surface area contributed by atoms with Crippen LogP contribution in [-0.4, -0.2) is 38.2 Å². The Morgan fingerprint density at radius 3 is 2.47 bits per heavy atom. The van der Waals surface area contributed by atoms with E-state index in [1.165, 1.54) is 17.0 Å². The number of cyclic esters (lactones) is 1. The highest BCUT2D eigenvalue weighted by Gasteiger charge is 2.41. The monoisotopic (exact) mass is 441 g/mol. The summed E-state index contributed by atoms with van der Waals surface area (Å²) in [7, 11) is 0. The molecule has 0 aliphatic carbocycles. The van der Waals surface area contributed by atoms with Crippen LogP contribution in [0.4, 0.5) is 14.9 Å². The van der Waals surface area contributed by atoms with E-state index in [0.29, 0.717) is 56.9 Å². The maximum Gasteiger partial charge on any atom is 0.414 e. The third-order valence-electron chi connectivity index (χ3n) is 5.83. The Hall–Kier alpha value is -2.77. The lowest BCUT2D eigenvalue weighted by Crippen LogP contribution is -2.45. The van der Waals surface area contributed by atoms with Gasteiger partial charge in [0.05, 0.1) is 19.8 Å². The topological polar surface area (TPSA) is 65.1 Å². The lowest BCUT2D eigenvalue weighted by molar-refractivity contribution is -0.311. The minimum Gasteiger partial charge on any atom is -0.447 e. The molecule has 2 aliphatic heterocycles. The minimum absolute atomic E-state index is 0.0233. The SMILES string of the molecule is CC1(C)COC(CCCC(=O)c2cccc(N3CCOC3=O)c2)(c2ccc(F)cc2)OC1. The molecule has 2 aliphatic rings. The fourth-order valence-corrected chi connectivity index (χ4v) is 3.97. The molecule has 0 radical (unpaired) electrons. The van der Waals surface area contributed by atoms with Crippen molar-refractivity contribution in [1.29, 1.82) is 0 Å². The molecule has 0 aromatic heterocycles. The summed E-state index contributed by atoms with van der Waals surface area (Å²) in [6.07, 6.45) is 0.906. The van der Waals surface area contributed by atoms with Crippen molar-refractivity contribution in [3.05, 3.63) is 65.5 Å². The first kappa shape index (κ1) is 22.4. The molecule has 32 heavy (non-hydrogen) atoms. The zero-order chi connectivity index (χ0) is 22.8. The number of carbonyl (C=O) groups is 2. The van der Waals surface area contributed by atoms with Gasteiger partial charge < -0.3 is 14.2 Å². The molecule has 4 rings (SSSR count). The lowest BCUT2D eigenvalue weighted by Gasteiger charge is -2.44. The van der Waals surface area contributed by atoms with Gasteiger partial charge in [0.15, 0.2) is 11.6 Å². The second-order valence-corrected chi connectivity index (χ2v) is 9.09. The van der Waals surface area contributed by atoms with Gasteiger partial charge >= 0.3 is 6.09 Å². The summed E-state index contributed by atoms with van der Waals surface area (Å²) in [6.45, 7) is 5.96. The van der Waals surface area contributed by atoms with Gasteiger partial charge in [-0.3, -0.25) is 9.69 Å². The van der Waals surface area contributed by atoms with Crippen LogP contribution < -0.4 is 4.90 Å². The maximum atomic E-state index is 13.5. The van der Waals surface area contributed by atoms with E-state index >= 15 is 0 Å². The summed E-state index contributed by atoms with van der Waals surface area (Å²) in [5, 5.41) is 0. The van der Waals surface area contributed by atoms with Crippen LogP contribution in [0.1, 0.15) is 49.0 Å². The third kappa shape index (κ3) is 4.84. The molecule has 0 spiro atoms. The number of carbonyl (C=O) groups excluding carboxylic acids is 2. The number of ether oxygens (including phenoxy) is 3. The van der Waals surface area contributed by atoms with Crippen LogP contribution in [0.2, 0.25) is 0 Å². The molecule has 6 nitrogen and oxygen atoms in total. The highest BCUT2D eigenvalue weighted by atomic mass is 19.1. The van der Waals surface area contributed by atoms with Crippen LogP contribution in [0, 0.1) is 11.2 Å². The van der Waals surface area contributed by atoms with Crippen molar-refractivity contribution in [2.75, 3.05) is 31.3 Å². The van der Waals surface area contributed by atoms with Crippen LogP contribution in [0.15, 0.2) is 48.5 Å². The van der Waals surface area contributed by atoms with E-state index in [2.05, 4.69) is 13.8 Å². The van der Waals surface area contributed by atoms with E-state index in [1.54, 1.807) is 36.4 Å². The fourth-order valence-electron chi connectivity index (χ4n) is 3.97. The average Bonchev–Trinajstić information content (AvgIpc) is 3.21. The molecule has 2 saturated heterocycles. The van der Waals surface area contributed by atoms with Gasteiger partial charge in [0.25, 0.3) is 0 Å². The van der Waals surface area contributed by atoms with E-state index in [9.17, 15) is 14.0 Å². The number of benzene rings is 2. The Morgan fingerprint density at radius 1 is 1.09 bits per heavy atom. The normalized spacial score (nSPS) is 19.6. The Labute approximate surface area is 187 Å². The molecule has 2 aromatic carbocycles. The first-order valence-electron chi connectivity index (χ1n) is 10.9. The molecule has 2 fully saturated rings. The largest absolute Gasteiger partial charge is 0.447 e.